The Morgan fingerprint density at radius 3 is 2.81 bits per heavy atom. The van der Waals surface area contributed by atoms with Gasteiger partial charge in [-0.15, -0.1) is 0 Å². The maximum atomic E-state index is 13.5. The number of aliphatic hydroxyl groups is 1. The first-order chi connectivity index (χ1) is 7.65. The molecule has 1 N–H and O–H groups in total. The van der Waals surface area contributed by atoms with Crippen molar-refractivity contribution in [2.75, 3.05) is 13.7 Å². The van der Waals surface area contributed by atoms with Crippen molar-refractivity contribution in [3.63, 3.8) is 0 Å². The third-order valence-corrected chi connectivity index (χ3v) is 2.76. The van der Waals surface area contributed by atoms with Crippen LogP contribution in [0.5, 0.6) is 0 Å². The zero-order valence-electron chi connectivity index (χ0n) is 8.76. The molecule has 2 rings (SSSR count). The molecule has 0 aliphatic carbocycles. The molecule has 0 radical (unpaired) electrons. The number of carbonyl (C=O) groups is 1. The molecule has 0 bridgehead atoms. The average Bonchev–Trinajstić information content (AvgIpc) is 2.56. The van der Waals surface area contributed by atoms with Gasteiger partial charge in [0.25, 0.3) is 0 Å². The van der Waals surface area contributed by atoms with Crippen molar-refractivity contribution in [3.8, 4) is 0 Å². The highest BCUT2D eigenvalue weighted by Crippen LogP contribution is 2.32. The molecule has 2 unspecified atom stereocenters. The van der Waals surface area contributed by atoms with Crippen molar-refractivity contribution in [3.05, 3.63) is 35.6 Å². The minimum Gasteiger partial charge on any atom is -0.439 e. The van der Waals surface area contributed by atoms with E-state index < -0.39 is 24.1 Å². The van der Waals surface area contributed by atoms with Gasteiger partial charge in [-0.25, -0.2) is 9.18 Å². The number of aliphatic hydroxyl groups excluding tert-OH is 1. The highest BCUT2D eigenvalue weighted by atomic mass is 19.1. The highest BCUT2D eigenvalue weighted by Gasteiger charge is 2.40. The van der Waals surface area contributed by atoms with Crippen molar-refractivity contribution in [2.45, 2.75) is 12.1 Å². The molecule has 86 valence electrons. The van der Waals surface area contributed by atoms with Crippen molar-refractivity contribution in [1.29, 1.82) is 0 Å². The van der Waals surface area contributed by atoms with Gasteiger partial charge < -0.3 is 14.7 Å². The Morgan fingerprint density at radius 1 is 1.50 bits per heavy atom. The van der Waals surface area contributed by atoms with Crippen molar-refractivity contribution >= 4 is 6.09 Å². The monoisotopic (exact) mass is 225 g/mol. The summed E-state index contributed by atoms with van der Waals surface area (Å²) in [5, 5.41) is 9.18. The maximum Gasteiger partial charge on any atom is 0.410 e. The molecule has 4 nitrogen and oxygen atoms in total. The molecule has 2 atom stereocenters. The van der Waals surface area contributed by atoms with E-state index in [1.807, 2.05) is 0 Å². The second kappa shape index (κ2) is 4.09. The fraction of sp³-hybridized carbons (Fsp3) is 0.364. The molecular weight excluding hydrogens is 213 g/mol. The lowest BCUT2D eigenvalue weighted by Crippen LogP contribution is -2.33. The molecule has 1 aliphatic heterocycles. The third kappa shape index (κ3) is 1.63. The molecule has 1 heterocycles. The van der Waals surface area contributed by atoms with E-state index in [4.69, 9.17) is 4.74 Å². The summed E-state index contributed by atoms with van der Waals surface area (Å²) in [6.45, 7) is -0.263. The standard InChI is InChI=1S/C11H12FNO3/c1-13-9(6-14)10(16-11(13)15)7-4-2-3-5-8(7)12/h2-5,9-10,14H,6H2,1H3. The van der Waals surface area contributed by atoms with Crippen LogP contribution in [0.4, 0.5) is 9.18 Å². The van der Waals surface area contributed by atoms with Gasteiger partial charge in [-0.05, 0) is 6.07 Å². The Morgan fingerprint density at radius 2 is 2.19 bits per heavy atom. The van der Waals surface area contributed by atoms with Crippen LogP contribution in [0.3, 0.4) is 0 Å². The summed E-state index contributed by atoms with van der Waals surface area (Å²) in [5.74, 6) is -0.436. The lowest BCUT2D eigenvalue weighted by atomic mass is 10.0. The molecule has 1 aliphatic rings. The number of rotatable bonds is 2. The zero-order valence-corrected chi connectivity index (χ0v) is 8.76. The Balaban J connectivity index is 2.35. The maximum absolute atomic E-state index is 13.5. The van der Waals surface area contributed by atoms with E-state index in [9.17, 15) is 14.3 Å². The van der Waals surface area contributed by atoms with Gasteiger partial charge in [0.1, 0.15) is 5.82 Å². The summed E-state index contributed by atoms with van der Waals surface area (Å²) in [7, 11) is 1.52. The Labute approximate surface area is 92.2 Å². The van der Waals surface area contributed by atoms with Crippen molar-refractivity contribution in [2.24, 2.45) is 0 Å². The fourth-order valence-corrected chi connectivity index (χ4v) is 1.80. The van der Waals surface area contributed by atoms with Crippen LogP contribution in [0.25, 0.3) is 0 Å². The SMILES string of the molecule is CN1C(=O)OC(c2ccccc2F)C1CO. The van der Waals surface area contributed by atoms with E-state index in [1.54, 1.807) is 18.2 Å². The van der Waals surface area contributed by atoms with Crippen LogP contribution in [-0.4, -0.2) is 35.8 Å². The van der Waals surface area contributed by atoms with E-state index in [-0.39, 0.29) is 6.61 Å². The number of benzene rings is 1. The number of halogens is 1. The highest BCUT2D eigenvalue weighted by molar-refractivity contribution is 5.70. The number of cyclic esters (lactones) is 1. The van der Waals surface area contributed by atoms with Crippen LogP contribution in [-0.2, 0) is 4.74 Å². The fourth-order valence-electron chi connectivity index (χ4n) is 1.80. The van der Waals surface area contributed by atoms with Crippen LogP contribution in [0.1, 0.15) is 11.7 Å². The molecule has 1 fully saturated rings. The van der Waals surface area contributed by atoms with Crippen LogP contribution < -0.4 is 0 Å². The van der Waals surface area contributed by atoms with Gasteiger partial charge in [-0.3, -0.25) is 0 Å². The van der Waals surface area contributed by atoms with Gasteiger partial charge in [0.2, 0.25) is 0 Å². The summed E-state index contributed by atoms with van der Waals surface area (Å²) in [6, 6.07) is 5.54. The number of ether oxygens (including phenoxy) is 1. The van der Waals surface area contributed by atoms with Gasteiger partial charge in [0, 0.05) is 12.6 Å². The van der Waals surface area contributed by atoms with Crippen LogP contribution in [0.15, 0.2) is 24.3 Å². The summed E-state index contributed by atoms with van der Waals surface area (Å²) in [5.41, 5.74) is 0.291. The second-order valence-electron chi connectivity index (χ2n) is 3.69. The summed E-state index contributed by atoms with van der Waals surface area (Å²) < 4.78 is 18.5. The van der Waals surface area contributed by atoms with E-state index in [1.165, 1.54) is 18.0 Å². The first-order valence-corrected chi connectivity index (χ1v) is 4.94. The normalized spacial score (nSPS) is 24.7. The number of hydrogen-bond acceptors (Lipinski definition) is 3. The molecule has 16 heavy (non-hydrogen) atoms. The van der Waals surface area contributed by atoms with E-state index >= 15 is 0 Å². The van der Waals surface area contributed by atoms with E-state index in [0.29, 0.717) is 5.56 Å². The molecule has 0 aromatic heterocycles. The first kappa shape index (κ1) is 10.9. The molecule has 5 heteroatoms. The minimum atomic E-state index is -0.747. The predicted octanol–water partition coefficient (Wildman–Crippen LogP) is 1.31. The van der Waals surface area contributed by atoms with Gasteiger partial charge in [0.05, 0.1) is 12.6 Å². The van der Waals surface area contributed by atoms with Crippen molar-refractivity contribution in [1.82, 2.24) is 4.90 Å². The summed E-state index contributed by atoms with van der Waals surface area (Å²) in [6.07, 6.45) is -1.30. The number of amides is 1. The number of likely N-dealkylation sites (N-methyl/N-ethyl adjacent to an activating group) is 1. The Hall–Kier alpha value is -1.62. The molecule has 1 aromatic carbocycles. The van der Waals surface area contributed by atoms with Crippen LogP contribution in [0.2, 0.25) is 0 Å². The number of carbonyl (C=O) groups excluding carboxylic acids is 1. The number of nitrogens with zero attached hydrogens (tertiary/aromatic N) is 1. The van der Waals surface area contributed by atoms with Gasteiger partial charge in [-0.2, -0.15) is 0 Å². The van der Waals surface area contributed by atoms with Crippen LogP contribution >= 0.6 is 0 Å². The smallest absolute Gasteiger partial charge is 0.410 e. The van der Waals surface area contributed by atoms with Gasteiger partial charge in [-0.1, -0.05) is 18.2 Å². The third-order valence-electron chi connectivity index (χ3n) is 2.76. The second-order valence-corrected chi connectivity index (χ2v) is 3.69. The molecule has 1 saturated heterocycles. The Bertz CT molecular complexity index is 410. The average molecular weight is 225 g/mol. The topological polar surface area (TPSA) is 49.8 Å². The molecule has 1 aromatic rings. The Kier molecular flexibility index (Phi) is 2.78. The van der Waals surface area contributed by atoms with Gasteiger partial charge >= 0.3 is 6.09 Å². The molecular formula is C11H12FNO3. The summed E-state index contributed by atoms with van der Waals surface area (Å²) >= 11 is 0. The minimum absolute atomic E-state index is 0.263. The largest absolute Gasteiger partial charge is 0.439 e. The number of hydrogen-bond donors (Lipinski definition) is 1. The first-order valence-electron chi connectivity index (χ1n) is 4.94. The predicted molar refractivity (Wildman–Crippen MR) is 54.3 cm³/mol. The zero-order chi connectivity index (χ0) is 11.7. The van der Waals surface area contributed by atoms with E-state index in [2.05, 4.69) is 0 Å². The van der Waals surface area contributed by atoms with Gasteiger partial charge in [0.15, 0.2) is 6.10 Å². The van der Waals surface area contributed by atoms with E-state index in [0.717, 1.165) is 0 Å². The quantitative estimate of drug-likeness (QED) is 0.825. The lowest BCUT2D eigenvalue weighted by Gasteiger charge is -2.19. The molecule has 0 spiro atoms. The van der Waals surface area contributed by atoms with Crippen LogP contribution in [0, 0.1) is 5.82 Å². The molecule has 0 saturated carbocycles. The summed E-state index contributed by atoms with van der Waals surface area (Å²) in [4.78, 5) is 12.6. The van der Waals surface area contributed by atoms with Crippen molar-refractivity contribution < 1.29 is 19.0 Å². The lowest BCUT2D eigenvalue weighted by molar-refractivity contribution is 0.116. The molecule has 1 amide bonds.